The molecule has 18 heavy (non-hydrogen) atoms. The van der Waals surface area contributed by atoms with Gasteiger partial charge in [-0.2, -0.15) is 10.2 Å². The average molecular weight is 248 g/mol. The van der Waals surface area contributed by atoms with E-state index in [4.69, 9.17) is 5.73 Å². The molecule has 0 bridgehead atoms. The minimum absolute atomic E-state index is 0.109. The number of aromatic nitrogens is 4. The lowest BCUT2D eigenvalue weighted by atomic mass is 10.3. The summed E-state index contributed by atoms with van der Waals surface area (Å²) in [7, 11) is 0. The van der Waals surface area contributed by atoms with Gasteiger partial charge in [-0.1, -0.05) is 0 Å². The molecule has 0 spiro atoms. The van der Waals surface area contributed by atoms with Crippen molar-refractivity contribution in [3.63, 3.8) is 0 Å². The van der Waals surface area contributed by atoms with Crippen LogP contribution in [0.15, 0.2) is 12.3 Å². The van der Waals surface area contributed by atoms with E-state index in [1.54, 1.807) is 10.9 Å². The number of nitrogens with two attached hydrogens (primary N) is 1. The van der Waals surface area contributed by atoms with E-state index in [9.17, 15) is 4.79 Å². The van der Waals surface area contributed by atoms with Gasteiger partial charge in [0.1, 0.15) is 12.4 Å². The standard InChI is InChI=1S/C11H16N6O/c1-7-3-8(2)17(16-7)6-10(18)13-4-9-5-14-15-11(9)12/h3,5H,4,6H2,1-2H3,(H,13,18)(H3,12,14,15). The van der Waals surface area contributed by atoms with Crippen LogP contribution in [0.2, 0.25) is 0 Å². The first kappa shape index (κ1) is 12.2. The fourth-order valence-electron chi connectivity index (χ4n) is 1.68. The van der Waals surface area contributed by atoms with Crippen molar-refractivity contribution in [3.8, 4) is 0 Å². The monoisotopic (exact) mass is 248 g/mol. The number of carbonyl (C=O) groups excluding carboxylic acids is 1. The summed E-state index contributed by atoms with van der Waals surface area (Å²) >= 11 is 0. The number of hydrogen-bond donors (Lipinski definition) is 3. The molecule has 0 aliphatic rings. The minimum atomic E-state index is -0.109. The van der Waals surface area contributed by atoms with Gasteiger partial charge in [0.15, 0.2) is 0 Å². The Bertz CT molecular complexity index is 556. The zero-order valence-corrected chi connectivity index (χ0v) is 10.4. The van der Waals surface area contributed by atoms with Crippen molar-refractivity contribution < 1.29 is 4.79 Å². The van der Waals surface area contributed by atoms with Crippen LogP contribution in [0, 0.1) is 13.8 Å². The summed E-state index contributed by atoms with van der Waals surface area (Å²) in [6.45, 7) is 4.38. The van der Waals surface area contributed by atoms with Gasteiger partial charge in [0.25, 0.3) is 0 Å². The summed E-state index contributed by atoms with van der Waals surface area (Å²) in [5.41, 5.74) is 8.26. The lowest BCUT2D eigenvalue weighted by molar-refractivity contribution is -0.122. The van der Waals surface area contributed by atoms with E-state index in [0.29, 0.717) is 12.4 Å². The maximum atomic E-state index is 11.7. The van der Waals surface area contributed by atoms with E-state index < -0.39 is 0 Å². The molecule has 0 saturated heterocycles. The van der Waals surface area contributed by atoms with Crippen LogP contribution in [0.4, 0.5) is 5.82 Å². The molecule has 0 atom stereocenters. The number of nitrogens with zero attached hydrogens (tertiary/aromatic N) is 3. The quantitative estimate of drug-likeness (QED) is 0.715. The zero-order chi connectivity index (χ0) is 13.1. The summed E-state index contributed by atoms with van der Waals surface area (Å²) in [4.78, 5) is 11.7. The van der Waals surface area contributed by atoms with Crippen LogP contribution < -0.4 is 11.1 Å². The van der Waals surface area contributed by atoms with Gasteiger partial charge in [-0.15, -0.1) is 0 Å². The molecule has 0 aliphatic heterocycles. The molecular formula is C11H16N6O. The summed E-state index contributed by atoms with van der Waals surface area (Å²) in [6, 6.07) is 1.93. The van der Waals surface area contributed by atoms with Crippen molar-refractivity contribution in [1.82, 2.24) is 25.3 Å². The van der Waals surface area contributed by atoms with Crippen molar-refractivity contribution in [2.75, 3.05) is 5.73 Å². The first-order valence-electron chi connectivity index (χ1n) is 5.61. The van der Waals surface area contributed by atoms with E-state index in [1.165, 1.54) is 0 Å². The third-order valence-corrected chi connectivity index (χ3v) is 2.62. The molecule has 0 aromatic carbocycles. The second kappa shape index (κ2) is 4.91. The third kappa shape index (κ3) is 2.68. The van der Waals surface area contributed by atoms with Crippen molar-refractivity contribution in [2.45, 2.75) is 26.9 Å². The first-order chi connectivity index (χ1) is 8.56. The smallest absolute Gasteiger partial charge is 0.242 e. The third-order valence-electron chi connectivity index (χ3n) is 2.62. The Morgan fingerprint density at radius 2 is 2.33 bits per heavy atom. The fraction of sp³-hybridized carbons (Fsp3) is 0.364. The van der Waals surface area contributed by atoms with Crippen LogP contribution in [0.5, 0.6) is 0 Å². The lowest BCUT2D eigenvalue weighted by Crippen LogP contribution is -2.28. The number of aromatic amines is 1. The fourth-order valence-corrected chi connectivity index (χ4v) is 1.68. The zero-order valence-electron chi connectivity index (χ0n) is 10.4. The molecule has 0 aliphatic carbocycles. The SMILES string of the molecule is Cc1cc(C)n(CC(=O)NCc2cn[nH]c2N)n1. The Kier molecular flexibility index (Phi) is 3.31. The van der Waals surface area contributed by atoms with Crippen molar-refractivity contribution in [2.24, 2.45) is 0 Å². The van der Waals surface area contributed by atoms with E-state index in [-0.39, 0.29) is 12.5 Å². The molecule has 0 fully saturated rings. The van der Waals surface area contributed by atoms with Gasteiger partial charge in [-0.25, -0.2) is 0 Å². The normalized spacial score (nSPS) is 10.6. The summed E-state index contributed by atoms with van der Waals surface area (Å²) in [5, 5.41) is 13.4. The highest BCUT2D eigenvalue weighted by molar-refractivity contribution is 5.75. The molecule has 7 heteroatoms. The predicted octanol–water partition coefficient (Wildman–Crippen LogP) is 0.122. The number of H-pyrrole nitrogens is 1. The second-order valence-electron chi connectivity index (χ2n) is 4.17. The van der Waals surface area contributed by atoms with Gasteiger partial charge >= 0.3 is 0 Å². The van der Waals surface area contributed by atoms with Crippen LogP contribution >= 0.6 is 0 Å². The molecule has 0 saturated carbocycles. The Morgan fingerprint density at radius 1 is 1.56 bits per heavy atom. The summed E-state index contributed by atoms with van der Waals surface area (Å²) in [5.74, 6) is 0.364. The maximum absolute atomic E-state index is 11.7. The molecule has 96 valence electrons. The molecule has 2 rings (SSSR count). The van der Waals surface area contributed by atoms with Crippen LogP contribution in [-0.2, 0) is 17.9 Å². The van der Waals surface area contributed by atoms with Gasteiger partial charge in [0.05, 0.1) is 11.9 Å². The highest BCUT2D eigenvalue weighted by atomic mass is 16.2. The van der Waals surface area contributed by atoms with Crippen LogP contribution in [0.1, 0.15) is 17.0 Å². The highest BCUT2D eigenvalue weighted by Gasteiger charge is 2.08. The molecule has 1 amide bonds. The van der Waals surface area contributed by atoms with Crippen molar-refractivity contribution in [1.29, 1.82) is 0 Å². The average Bonchev–Trinajstić information content (AvgIpc) is 2.83. The molecule has 0 radical (unpaired) electrons. The molecule has 0 unspecified atom stereocenters. The first-order valence-corrected chi connectivity index (χ1v) is 5.61. The number of anilines is 1. The van der Waals surface area contributed by atoms with Crippen LogP contribution in [0.25, 0.3) is 0 Å². The van der Waals surface area contributed by atoms with Crippen molar-refractivity contribution in [3.05, 3.63) is 29.2 Å². The van der Waals surface area contributed by atoms with Crippen LogP contribution in [-0.4, -0.2) is 25.9 Å². The number of nitrogen functional groups attached to an aromatic ring is 1. The summed E-state index contributed by atoms with van der Waals surface area (Å²) in [6.07, 6.45) is 1.60. The van der Waals surface area contributed by atoms with Gasteiger partial charge in [-0.3, -0.25) is 14.6 Å². The number of rotatable bonds is 4. The van der Waals surface area contributed by atoms with Crippen molar-refractivity contribution >= 4 is 11.7 Å². The number of carbonyl (C=O) groups is 1. The number of hydrogen-bond acceptors (Lipinski definition) is 4. The maximum Gasteiger partial charge on any atom is 0.242 e. The molecule has 7 nitrogen and oxygen atoms in total. The van der Waals surface area contributed by atoms with Crippen LogP contribution in [0.3, 0.4) is 0 Å². The molecular weight excluding hydrogens is 232 g/mol. The van der Waals surface area contributed by atoms with Gasteiger partial charge < -0.3 is 11.1 Å². The number of nitrogens with one attached hydrogen (secondary N) is 2. The lowest BCUT2D eigenvalue weighted by Gasteiger charge is -2.06. The topological polar surface area (TPSA) is 102 Å². The van der Waals surface area contributed by atoms with E-state index in [2.05, 4.69) is 20.6 Å². The van der Waals surface area contributed by atoms with Gasteiger partial charge in [0.2, 0.25) is 5.91 Å². The molecule has 2 heterocycles. The predicted molar refractivity (Wildman–Crippen MR) is 66.5 cm³/mol. The summed E-state index contributed by atoms with van der Waals surface area (Å²) < 4.78 is 1.67. The van der Waals surface area contributed by atoms with E-state index in [1.807, 2.05) is 19.9 Å². The Morgan fingerprint density at radius 3 is 2.89 bits per heavy atom. The second-order valence-corrected chi connectivity index (χ2v) is 4.17. The minimum Gasteiger partial charge on any atom is -0.384 e. The van der Waals surface area contributed by atoms with E-state index in [0.717, 1.165) is 17.0 Å². The highest BCUT2D eigenvalue weighted by Crippen LogP contribution is 2.05. The van der Waals surface area contributed by atoms with Gasteiger partial charge in [-0.05, 0) is 19.9 Å². The Labute approximate surface area is 104 Å². The largest absolute Gasteiger partial charge is 0.384 e. The Balaban J connectivity index is 1.90. The Hall–Kier alpha value is -2.31. The molecule has 2 aromatic rings. The molecule has 4 N–H and O–H groups in total. The number of aryl methyl sites for hydroxylation is 2. The number of amides is 1. The molecule has 2 aromatic heterocycles. The van der Waals surface area contributed by atoms with E-state index >= 15 is 0 Å². The van der Waals surface area contributed by atoms with Gasteiger partial charge in [0, 0.05) is 17.8 Å².